The number of fused-ring (bicyclic) bond motifs is 1. The first-order valence-corrected chi connectivity index (χ1v) is 10.8. The van der Waals surface area contributed by atoms with Crippen molar-refractivity contribution in [2.45, 2.75) is 24.3 Å². The average Bonchev–Trinajstić information content (AvgIpc) is 3.00. The zero-order chi connectivity index (χ0) is 21.3. The van der Waals surface area contributed by atoms with Crippen molar-refractivity contribution in [3.8, 4) is 5.75 Å². The lowest BCUT2D eigenvalue weighted by Crippen LogP contribution is -2.41. The Kier molecular flexibility index (Phi) is 5.42. The van der Waals surface area contributed by atoms with Crippen molar-refractivity contribution >= 4 is 27.5 Å². The van der Waals surface area contributed by atoms with Crippen LogP contribution in [0.4, 0.5) is 14.5 Å². The Hall–Kier alpha value is -3.01. The van der Waals surface area contributed by atoms with Gasteiger partial charge in [-0.15, -0.1) is 4.40 Å². The molecule has 1 amide bonds. The van der Waals surface area contributed by atoms with Crippen LogP contribution in [0.1, 0.15) is 18.4 Å². The largest absolute Gasteiger partial charge is 0.433 e. The molecule has 10 heteroatoms. The number of amidine groups is 1. The number of anilines is 1. The summed E-state index contributed by atoms with van der Waals surface area (Å²) in [6.07, 6.45) is 0.954. The number of carbonyl (C=O) groups excluding carboxylic acids is 1. The molecular formula is C20H19F2N3O4S. The topological polar surface area (TPSA) is 88.1 Å². The van der Waals surface area contributed by atoms with E-state index < -0.39 is 16.6 Å². The summed E-state index contributed by atoms with van der Waals surface area (Å²) < 4.78 is 57.9. The molecule has 0 spiro atoms. The highest BCUT2D eigenvalue weighted by Gasteiger charge is 2.34. The lowest BCUT2D eigenvalue weighted by atomic mass is 9.95. The van der Waals surface area contributed by atoms with Gasteiger partial charge in [0.2, 0.25) is 5.91 Å². The number of rotatable bonds is 4. The number of hydrogen-bond acceptors (Lipinski definition) is 5. The van der Waals surface area contributed by atoms with Crippen LogP contribution in [0.5, 0.6) is 5.75 Å². The van der Waals surface area contributed by atoms with Crippen molar-refractivity contribution < 1.29 is 26.7 Å². The van der Waals surface area contributed by atoms with Gasteiger partial charge in [-0.2, -0.15) is 17.2 Å². The van der Waals surface area contributed by atoms with Gasteiger partial charge in [-0.25, -0.2) is 0 Å². The number of piperidine rings is 1. The quantitative estimate of drug-likeness (QED) is 0.798. The van der Waals surface area contributed by atoms with Crippen molar-refractivity contribution in [3.05, 3.63) is 54.1 Å². The number of benzene rings is 2. The smallest absolute Gasteiger partial charge is 0.387 e. The minimum Gasteiger partial charge on any atom is -0.433 e. The van der Waals surface area contributed by atoms with Gasteiger partial charge in [-0.05, 0) is 37.1 Å². The van der Waals surface area contributed by atoms with Crippen LogP contribution in [0.2, 0.25) is 0 Å². The second kappa shape index (κ2) is 8.02. The van der Waals surface area contributed by atoms with Gasteiger partial charge >= 0.3 is 6.61 Å². The van der Waals surface area contributed by atoms with Gasteiger partial charge in [0.25, 0.3) is 10.0 Å². The molecule has 2 aromatic rings. The van der Waals surface area contributed by atoms with E-state index in [0.717, 1.165) is 0 Å². The van der Waals surface area contributed by atoms with E-state index in [0.29, 0.717) is 37.3 Å². The number of nitrogens with one attached hydrogen (secondary N) is 1. The number of halogens is 2. The zero-order valence-corrected chi connectivity index (χ0v) is 16.6. The SMILES string of the molecule is O=C(Nc1ccccc1OC(F)F)C1CCN(C2=NS(=O)(=O)c3ccccc32)CC1. The Balaban J connectivity index is 1.42. The normalized spacial score (nSPS) is 18.1. The monoisotopic (exact) mass is 435 g/mol. The molecule has 0 saturated carbocycles. The molecule has 0 aromatic heterocycles. The van der Waals surface area contributed by atoms with Crippen LogP contribution < -0.4 is 10.1 Å². The predicted molar refractivity (Wildman–Crippen MR) is 106 cm³/mol. The maximum Gasteiger partial charge on any atom is 0.387 e. The van der Waals surface area contributed by atoms with Crippen molar-refractivity contribution in [1.82, 2.24) is 4.90 Å². The van der Waals surface area contributed by atoms with Crippen LogP contribution in [-0.4, -0.2) is 44.8 Å². The molecule has 2 heterocycles. The van der Waals surface area contributed by atoms with Crippen LogP contribution in [0, 0.1) is 5.92 Å². The highest BCUT2D eigenvalue weighted by Crippen LogP contribution is 2.31. The van der Waals surface area contributed by atoms with Crippen LogP contribution in [0.15, 0.2) is 57.8 Å². The Morgan fingerprint density at radius 3 is 2.50 bits per heavy atom. The summed E-state index contributed by atoms with van der Waals surface area (Å²) in [6.45, 7) is -2.08. The molecule has 2 aliphatic heterocycles. The van der Waals surface area contributed by atoms with Crippen LogP contribution in [0.25, 0.3) is 0 Å². The molecule has 7 nitrogen and oxygen atoms in total. The highest BCUT2D eigenvalue weighted by atomic mass is 32.2. The lowest BCUT2D eigenvalue weighted by Gasteiger charge is -2.32. The number of alkyl halides is 2. The third-order valence-corrected chi connectivity index (χ3v) is 6.46. The Morgan fingerprint density at radius 1 is 1.10 bits per heavy atom. The molecule has 2 aliphatic rings. The van der Waals surface area contributed by atoms with Gasteiger partial charge in [0.1, 0.15) is 10.6 Å². The fourth-order valence-electron chi connectivity index (χ4n) is 3.67. The molecule has 4 rings (SSSR count). The number of sulfonamides is 1. The molecule has 158 valence electrons. The number of hydrogen-bond donors (Lipinski definition) is 1. The second-order valence-corrected chi connectivity index (χ2v) is 8.58. The fraction of sp³-hybridized carbons (Fsp3) is 0.300. The maximum atomic E-state index is 12.6. The van der Waals surface area contributed by atoms with Gasteiger partial charge in [0, 0.05) is 24.6 Å². The van der Waals surface area contributed by atoms with Crippen LogP contribution in [0.3, 0.4) is 0 Å². The molecule has 1 saturated heterocycles. The summed E-state index contributed by atoms with van der Waals surface area (Å²) in [5.41, 5.74) is 0.754. The number of carbonyl (C=O) groups is 1. The molecule has 0 radical (unpaired) electrons. The van der Waals surface area contributed by atoms with Crippen molar-refractivity contribution in [1.29, 1.82) is 0 Å². The summed E-state index contributed by atoms with van der Waals surface area (Å²) in [5, 5.41) is 2.66. The van der Waals surface area contributed by atoms with E-state index in [1.807, 2.05) is 4.90 Å². The number of amides is 1. The zero-order valence-electron chi connectivity index (χ0n) is 15.8. The fourth-order valence-corrected chi connectivity index (χ4v) is 4.90. The Morgan fingerprint density at radius 2 is 1.77 bits per heavy atom. The molecule has 0 unspecified atom stereocenters. The van der Waals surface area contributed by atoms with E-state index >= 15 is 0 Å². The van der Waals surface area contributed by atoms with Gasteiger partial charge in [-0.1, -0.05) is 24.3 Å². The third-order valence-electron chi connectivity index (χ3n) is 5.14. The number of ether oxygens (including phenoxy) is 1. The summed E-state index contributed by atoms with van der Waals surface area (Å²) >= 11 is 0. The molecule has 1 fully saturated rings. The molecule has 1 N–H and O–H groups in total. The summed E-state index contributed by atoms with van der Waals surface area (Å²) in [7, 11) is -3.70. The first-order chi connectivity index (χ1) is 14.3. The van der Waals surface area contributed by atoms with E-state index in [9.17, 15) is 22.0 Å². The second-order valence-electron chi connectivity index (χ2n) is 7.01. The average molecular weight is 435 g/mol. The van der Waals surface area contributed by atoms with Crippen LogP contribution in [-0.2, 0) is 14.8 Å². The van der Waals surface area contributed by atoms with E-state index in [4.69, 9.17) is 0 Å². The minimum absolute atomic E-state index is 0.0968. The molecule has 0 atom stereocenters. The Bertz CT molecular complexity index is 1100. The third kappa shape index (κ3) is 4.00. The summed E-state index contributed by atoms with van der Waals surface area (Å²) in [5.74, 6) is -0.323. The summed E-state index contributed by atoms with van der Waals surface area (Å²) in [4.78, 5) is 14.7. The van der Waals surface area contributed by atoms with E-state index in [-0.39, 0.29) is 28.2 Å². The molecule has 30 heavy (non-hydrogen) atoms. The first-order valence-electron chi connectivity index (χ1n) is 9.39. The van der Waals surface area contributed by atoms with Gasteiger partial charge in [0.15, 0.2) is 5.84 Å². The van der Waals surface area contributed by atoms with Crippen molar-refractivity contribution in [3.63, 3.8) is 0 Å². The van der Waals surface area contributed by atoms with Crippen molar-refractivity contribution in [2.75, 3.05) is 18.4 Å². The molecular weight excluding hydrogens is 416 g/mol. The predicted octanol–water partition coefficient (Wildman–Crippen LogP) is 3.09. The van der Waals surface area contributed by atoms with E-state index in [2.05, 4.69) is 14.5 Å². The van der Waals surface area contributed by atoms with Crippen LogP contribution >= 0.6 is 0 Å². The molecule has 0 aliphatic carbocycles. The van der Waals surface area contributed by atoms with E-state index in [1.54, 1.807) is 30.3 Å². The molecule has 2 aromatic carbocycles. The van der Waals surface area contributed by atoms with Gasteiger partial charge < -0.3 is 15.0 Å². The summed E-state index contributed by atoms with van der Waals surface area (Å²) in [6, 6.07) is 12.7. The Labute approximate surface area is 172 Å². The van der Waals surface area contributed by atoms with Gasteiger partial charge in [-0.3, -0.25) is 4.79 Å². The molecule has 0 bridgehead atoms. The number of para-hydroxylation sites is 2. The maximum absolute atomic E-state index is 12.6. The standard InChI is InChI=1S/C20H19F2N3O4S/c21-20(22)29-16-7-3-2-6-15(16)23-19(26)13-9-11-25(12-10-13)18-14-5-1-4-8-17(14)30(27,28)24-18/h1-8,13,20H,9-12H2,(H,23,26). The minimum atomic E-state index is -3.70. The lowest BCUT2D eigenvalue weighted by molar-refractivity contribution is -0.121. The number of likely N-dealkylation sites (tertiary alicyclic amines) is 1. The van der Waals surface area contributed by atoms with E-state index in [1.165, 1.54) is 18.2 Å². The highest BCUT2D eigenvalue weighted by molar-refractivity contribution is 7.90. The van der Waals surface area contributed by atoms with Crippen molar-refractivity contribution in [2.24, 2.45) is 10.3 Å². The number of nitrogens with zero attached hydrogens (tertiary/aromatic N) is 2. The first kappa shape index (κ1) is 20.3. The van der Waals surface area contributed by atoms with Gasteiger partial charge in [0.05, 0.1) is 5.69 Å².